The van der Waals surface area contributed by atoms with Gasteiger partial charge in [-0.2, -0.15) is 0 Å². The molecule has 1 aromatic carbocycles. The lowest BCUT2D eigenvalue weighted by Gasteiger charge is -2.37. The standard InChI is InChI=1S/C19H26N2O3/c1-4-24-16-7-5-15(6-8-16)21-18(22)10-17(19(21)23)20-11-13(2)9-14(3)12-20/h5-8,13-14,17H,4,9-12H2,1-3H3/t13-,14-,17+/m1/s1. The van der Waals surface area contributed by atoms with Gasteiger partial charge < -0.3 is 4.74 Å². The Morgan fingerprint density at radius 3 is 2.29 bits per heavy atom. The molecule has 5 heteroatoms. The molecule has 2 fully saturated rings. The van der Waals surface area contributed by atoms with Crippen molar-refractivity contribution in [1.29, 1.82) is 0 Å². The van der Waals surface area contributed by atoms with Crippen LogP contribution in [0.4, 0.5) is 5.69 Å². The number of carbonyl (C=O) groups is 2. The number of benzene rings is 1. The second-order valence-corrected chi connectivity index (χ2v) is 7.11. The van der Waals surface area contributed by atoms with Crippen molar-refractivity contribution in [2.75, 3.05) is 24.6 Å². The summed E-state index contributed by atoms with van der Waals surface area (Å²) in [5, 5.41) is 0. The average molecular weight is 330 g/mol. The molecular formula is C19H26N2O3. The van der Waals surface area contributed by atoms with E-state index in [1.807, 2.05) is 6.92 Å². The molecule has 0 aromatic heterocycles. The molecule has 5 nitrogen and oxygen atoms in total. The van der Waals surface area contributed by atoms with Crippen LogP contribution in [0.2, 0.25) is 0 Å². The fraction of sp³-hybridized carbons (Fsp3) is 0.579. The van der Waals surface area contributed by atoms with Gasteiger partial charge in [-0.25, -0.2) is 4.90 Å². The van der Waals surface area contributed by atoms with Crippen LogP contribution in [0.25, 0.3) is 0 Å². The normalized spacial score (nSPS) is 28.5. The number of carbonyl (C=O) groups excluding carboxylic acids is 2. The zero-order valence-electron chi connectivity index (χ0n) is 14.7. The number of ether oxygens (including phenoxy) is 1. The zero-order valence-corrected chi connectivity index (χ0v) is 14.7. The van der Waals surface area contributed by atoms with Crippen molar-refractivity contribution in [1.82, 2.24) is 4.90 Å². The second-order valence-electron chi connectivity index (χ2n) is 7.11. The third-order valence-corrected chi connectivity index (χ3v) is 4.87. The molecule has 2 saturated heterocycles. The summed E-state index contributed by atoms with van der Waals surface area (Å²) in [5.41, 5.74) is 0.633. The van der Waals surface area contributed by atoms with Crippen LogP contribution in [0.5, 0.6) is 5.75 Å². The van der Waals surface area contributed by atoms with Crippen LogP contribution >= 0.6 is 0 Å². The van der Waals surface area contributed by atoms with E-state index in [1.165, 1.54) is 11.3 Å². The van der Waals surface area contributed by atoms with Gasteiger partial charge in [0.1, 0.15) is 5.75 Å². The largest absolute Gasteiger partial charge is 0.494 e. The molecule has 2 aliphatic heterocycles. The highest BCUT2D eigenvalue weighted by Gasteiger charge is 2.44. The third-order valence-electron chi connectivity index (χ3n) is 4.87. The number of hydrogen-bond acceptors (Lipinski definition) is 4. The number of imide groups is 1. The van der Waals surface area contributed by atoms with E-state index < -0.39 is 0 Å². The Morgan fingerprint density at radius 2 is 1.71 bits per heavy atom. The molecule has 130 valence electrons. The predicted molar refractivity (Wildman–Crippen MR) is 93.0 cm³/mol. The molecule has 3 atom stereocenters. The maximum absolute atomic E-state index is 12.9. The number of hydrogen-bond donors (Lipinski definition) is 0. The average Bonchev–Trinajstić information content (AvgIpc) is 2.83. The highest BCUT2D eigenvalue weighted by Crippen LogP contribution is 2.30. The molecule has 2 aliphatic rings. The van der Waals surface area contributed by atoms with Gasteiger partial charge in [-0.3, -0.25) is 14.5 Å². The fourth-order valence-corrected chi connectivity index (χ4v) is 4.00. The van der Waals surface area contributed by atoms with E-state index in [0.717, 1.165) is 18.8 Å². The summed E-state index contributed by atoms with van der Waals surface area (Å²) in [5.74, 6) is 1.67. The molecule has 0 radical (unpaired) electrons. The van der Waals surface area contributed by atoms with Crippen LogP contribution in [-0.2, 0) is 9.59 Å². The molecule has 2 amide bonds. The van der Waals surface area contributed by atoms with Crippen molar-refractivity contribution in [2.45, 2.75) is 39.7 Å². The summed E-state index contributed by atoms with van der Waals surface area (Å²) in [6.45, 7) is 8.74. The van der Waals surface area contributed by atoms with Crippen molar-refractivity contribution in [3.05, 3.63) is 24.3 Å². The Balaban J connectivity index is 1.76. The number of nitrogens with zero attached hydrogens (tertiary/aromatic N) is 2. The minimum absolute atomic E-state index is 0.0922. The van der Waals surface area contributed by atoms with Crippen LogP contribution < -0.4 is 9.64 Å². The third kappa shape index (κ3) is 3.31. The number of piperidine rings is 1. The molecule has 0 saturated carbocycles. The van der Waals surface area contributed by atoms with E-state index in [2.05, 4.69) is 18.7 Å². The molecule has 0 N–H and O–H groups in total. The molecule has 1 aromatic rings. The van der Waals surface area contributed by atoms with E-state index in [-0.39, 0.29) is 24.3 Å². The maximum Gasteiger partial charge on any atom is 0.251 e. The predicted octanol–water partition coefficient (Wildman–Crippen LogP) is 2.70. The van der Waals surface area contributed by atoms with E-state index in [9.17, 15) is 9.59 Å². The molecule has 3 rings (SSSR count). The van der Waals surface area contributed by atoms with Gasteiger partial charge in [0.25, 0.3) is 5.91 Å². The van der Waals surface area contributed by atoms with Gasteiger partial charge in [-0.1, -0.05) is 13.8 Å². The highest BCUT2D eigenvalue weighted by atomic mass is 16.5. The first-order chi connectivity index (χ1) is 11.5. The van der Waals surface area contributed by atoms with Crippen LogP contribution in [0, 0.1) is 11.8 Å². The molecule has 0 aliphatic carbocycles. The SMILES string of the molecule is CCOc1ccc(N2C(=O)C[C@H](N3C[C@H](C)C[C@@H](C)C3)C2=O)cc1. The summed E-state index contributed by atoms with van der Waals surface area (Å²) < 4.78 is 5.42. The van der Waals surface area contributed by atoms with Crippen LogP contribution in [0.1, 0.15) is 33.6 Å². The van der Waals surface area contributed by atoms with E-state index in [0.29, 0.717) is 24.1 Å². The topological polar surface area (TPSA) is 49.9 Å². The Labute approximate surface area is 143 Å². The van der Waals surface area contributed by atoms with Crippen molar-refractivity contribution >= 4 is 17.5 Å². The minimum atomic E-state index is -0.311. The van der Waals surface area contributed by atoms with Gasteiger partial charge in [0.05, 0.1) is 24.8 Å². The number of rotatable bonds is 4. The Bertz CT molecular complexity index is 604. The first-order valence-corrected chi connectivity index (χ1v) is 8.83. The summed E-state index contributed by atoms with van der Waals surface area (Å²) in [6.07, 6.45) is 1.47. The van der Waals surface area contributed by atoms with Gasteiger partial charge in [0.15, 0.2) is 0 Å². The summed E-state index contributed by atoms with van der Waals surface area (Å²) >= 11 is 0. The van der Waals surface area contributed by atoms with Crippen molar-refractivity contribution in [2.24, 2.45) is 11.8 Å². The molecule has 2 heterocycles. The lowest BCUT2D eigenvalue weighted by molar-refractivity contribution is -0.123. The quantitative estimate of drug-likeness (QED) is 0.797. The van der Waals surface area contributed by atoms with E-state index >= 15 is 0 Å². The molecule has 0 unspecified atom stereocenters. The molecule has 0 spiro atoms. The first kappa shape index (κ1) is 17.0. The van der Waals surface area contributed by atoms with Gasteiger partial charge in [0.2, 0.25) is 5.91 Å². The maximum atomic E-state index is 12.9. The molecule has 24 heavy (non-hydrogen) atoms. The Morgan fingerprint density at radius 1 is 1.08 bits per heavy atom. The summed E-state index contributed by atoms with van der Waals surface area (Å²) in [6, 6.07) is 6.86. The van der Waals surface area contributed by atoms with E-state index in [4.69, 9.17) is 4.74 Å². The Hall–Kier alpha value is -1.88. The highest BCUT2D eigenvalue weighted by molar-refractivity contribution is 6.22. The molecule has 0 bridgehead atoms. The van der Waals surface area contributed by atoms with Crippen LogP contribution in [0.15, 0.2) is 24.3 Å². The molecular weight excluding hydrogens is 304 g/mol. The first-order valence-electron chi connectivity index (χ1n) is 8.83. The fourth-order valence-electron chi connectivity index (χ4n) is 4.00. The summed E-state index contributed by atoms with van der Waals surface area (Å²) in [7, 11) is 0. The van der Waals surface area contributed by atoms with Crippen molar-refractivity contribution < 1.29 is 14.3 Å². The second kappa shape index (κ2) is 6.93. The smallest absolute Gasteiger partial charge is 0.251 e. The van der Waals surface area contributed by atoms with E-state index in [1.54, 1.807) is 24.3 Å². The zero-order chi connectivity index (χ0) is 17.3. The van der Waals surface area contributed by atoms with Crippen LogP contribution in [-0.4, -0.2) is 42.5 Å². The van der Waals surface area contributed by atoms with Crippen molar-refractivity contribution in [3.63, 3.8) is 0 Å². The van der Waals surface area contributed by atoms with Crippen molar-refractivity contribution in [3.8, 4) is 5.75 Å². The van der Waals surface area contributed by atoms with Gasteiger partial charge in [-0.15, -0.1) is 0 Å². The monoisotopic (exact) mass is 330 g/mol. The van der Waals surface area contributed by atoms with Gasteiger partial charge >= 0.3 is 0 Å². The Kier molecular flexibility index (Phi) is 4.90. The van der Waals surface area contributed by atoms with Crippen LogP contribution in [0.3, 0.4) is 0 Å². The van der Waals surface area contributed by atoms with Gasteiger partial charge in [-0.05, 0) is 49.4 Å². The lowest BCUT2D eigenvalue weighted by atomic mass is 9.90. The lowest BCUT2D eigenvalue weighted by Crippen LogP contribution is -2.48. The minimum Gasteiger partial charge on any atom is -0.494 e. The number of amides is 2. The van der Waals surface area contributed by atoms with Gasteiger partial charge in [0, 0.05) is 13.1 Å². The number of likely N-dealkylation sites (tertiary alicyclic amines) is 1. The number of anilines is 1. The summed E-state index contributed by atoms with van der Waals surface area (Å²) in [4.78, 5) is 28.9.